The van der Waals surface area contributed by atoms with Crippen molar-refractivity contribution in [2.45, 2.75) is 30.4 Å². The molecule has 6 nitrogen and oxygen atoms in total. The summed E-state index contributed by atoms with van der Waals surface area (Å²) in [5, 5.41) is 0. The summed E-state index contributed by atoms with van der Waals surface area (Å²) < 4.78 is 30.7. The summed E-state index contributed by atoms with van der Waals surface area (Å²) >= 11 is 0. The predicted octanol–water partition coefficient (Wildman–Crippen LogP) is 6.52. The van der Waals surface area contributed by atoms with Gasteiger partial charge in [0.15, 0.2) is 21.4 Å². The minimum atomic E-state index is -3.91. The lowest BCUT2D eigenvalue weighted by molar-refractivity contribution is 0.0953. The summed E-state index contributed by atoms with van der Waals surface area (Å²) in [7, 11) is -0.0225. The van der Waals surface area contributed by atoms with Gasteiger partial charge in [-0.1, -0.05) is 17.7 Å². The van der Waals surface area contributed by atoms with Gasteiger partial charge in [0.2, 0.25) is 0 Å². The van der Waals surface area contributed by atoms with E-state index in [1.165, 1.54) is 26.0 Å². The van der Waals surface area contributed by atoms with Crippen LogP contribution < -0.4 is 9.64 Å². The van der Waals surface area contributed by atoms with Gasteiger partial charge in [-0.05, 0) is 106 Å². The molecule has 0 spiro atoms. The van der Waals surface area contributed by atoms with E-state index in [-0.39, 0.29) is 16.2 Å². The lowest BCUT2D eigenvalue weighted by Gasteiger charge is -2.23. The van der Waals surface area contributed by atoms with Gasteiger partial charge in [-0.2, -0.15) is 0 Å². The molecule has 0 aliphatic heterocycles. The van der Waals surface area contributed by atoms with Crippen LogP contribution in [0, 0.1) is 6.92 Å². The molecular weight excluding hydrogens is 510 g/mol. The van der Waals surface area contributed by atoms with Crippen LogP contribution in [0.3, 0.4) is 0 Å². The first kappa shape index (κ1) is 27.8. The first-order chi connectivity index (χ1) is 18.4. The fraction of sp³-hybridized carbons (Fsp3) is 0.188. The van der Waals surface area contributed by atoms with E-state index in [1.807, 2.05) is 38.1 Å². The minimum Gasteiger partial charge on any atom is -0.457 e. The Morgan fingerprint density at radius 2 is 1.10 bits per heavy atom. The number of hydrogen-bond donors (Lipinski definition) is 0. The summed E-state index contributed by atoms with van der Waals surface area (Å²) in [5.41, 5.74) is 3.35. The molecule has 0 heterocycles. The van der Waals surface area contributed by atoms with E-state index in [1.54, 1.807) is 72.8 Å². The van der Waals surface area contributed by atoms with Crippen molar-refractivity contribution in [2.24, 2.45) is 0 Å². The van der Waals surface area contributed by atoms with E-state index >= 15 is 0 Å². The van der Waals surface area contributed by atoms with Gasteiger partial charge in [-0.15, -0.1) is 0 Å². The highest BCUT2D eigenvalue weighted by Gasteiger charge is 2.43. The molecule has 200 valence electrons. The molecule has 0 fully saturated rings. The second-order valence-corrected chi connectivity index (χ2v) is 12.6. The average molecular weight is 542 g/mol. The van der Waals surface area contributed by atoms with Gasteiger partial charge in [0.05, 0.1) is 4.90 Å². The van der Waals surface area contributed by atoms with E-state index < -0.39 is 20.4 Å². The van der Waals surface area contributed by atoms with E-state index in [9.17, 15) is 18.0 Å². The molecule has 0 atom stereocenters. The van der Waals surface area contributed by atoms with Crippen LogP contribution in [-0.2, 0) is 9.84 Å². The highest BCUT2D eigenvalue weighted by Crippen LogP contribution is 2.30. The Morgan fingerprint density at radius 1 is 0.667 bits per heavy atom. The van der Waals surface area contributed by atoms with Crippen LogP contribution in [0.5, 0.6) is 11.5 Å². The Hall–Kier alpha value is -4.23. The number of rotatable bonds is 9. The van der Waals surface area contributed by atoms with Gasteiger partial charge in [0.1, 0.15) is 16.2 Å². The molecule has 0 N–H and O–H groups in total. The lowest BCUT2D eigenvalue weighted by Crippen LogP contribution is -2.40. The third kappa shape index (κ3) is 5.78. The standard InChI is InChI=1S/C32H31NO5S/c1-22-6-20-29(21-7-22)39(36,37)32(2,3)31(35)25-12-18-28(19-13-25)38-27-16-10-24(11-17-27)30(34)23-8-14-26(15-9-23)33(4)5/h6-21H,1-5H3. The zero-order chi connectivity index (χ0) is 28.4. The molecule has 0 saturated carbocycles. The molecular formula is C32H31NO5S. The van der Waals surface area contributed by atoms with Crippen LogP contribution in [0.15, 0.2) is 102 Å². The molecule has 0 bridgehead atoms. The normalized spacial score (nSPS) is 11.6. The van der Waals surface area contributed by atoms with Gasteiger partial charge in [-0.3, -0.25) is 9.59 Å². The van der Waals surface area contributed by atoms with E-state index in [0.717, 1.165) is 11.3 Å². The smallest absolute Gasteiger partial charge is 0.193 e. The van der Waals surface area contributed by atoms with Gasteiger partial charge in [0.25, 0.3) is 0 Å². The molecule has 4 aromatic rings. The molecule has 4 aromatic carbocycles. The van der Waals surface area contributed by atoms with Crippen molar-refractivity contribution in [3.8, 4) is 11.5 Å². The van der Waals surface area contributed by atoms with Crippen molar-refractivity contribution >= 4 is 27.1 Å². The first-order valence-corrected chi connectivity index (χ1v) is 13.9. The Morgan fingerprint density at radius 3 is 1.56 bits per heavy atom. The summed E-state index contributed by atoms with van der Waals surface area (Å²) in [6.07, 6.45) is 0. The molecule has 0 aliphatic rings. The Kier molecular flexibility index (Phi) is 7.74. The zero-order valence-corrected chi connectivity index (χ0v) is 23.5. The van der Waals surface area contributed by atoms with Crippen molar-refractivity contribution in [3.05, 3.63) is 119 Å². The number of benzene rings is 4. The molecule has 4 rings (SSSR count). The summed E-state index contributed by atoms with van der Waals surface area (Å²) in [5.74, 6) is 0.411. The summed E-state index contributed by atoms with van der Waals surface area (Å²) in [6.45, 7) is 4.72. The van der Waals surface area contributed by atoms with Crippen LogP contribution in [0.1, 0.15) is 45.7 Å². The minimum absolute atomic E-state index is 0.0853. The third-order valence-electron chi connectivity index (χ3n) is 6.66. The average Bonchev–Trinajstić information content (AvgIpc) is 2.93. The number of anilines is 1. The number of ketones is 2. The molecule has 0 unspecified atom stereocenters. The maximum atomic E-state index is 13.2. The number of aryl methyl sites for hydroxylation is 1. The Bertz CT molecular complexity index is 1590. The maximum absolute atomic E-state index is 13.2. The van der Waals surface area contributed by atoms with Gasteiger partial charge in [-0.25, -0.2) is 8.42 Å². The highest BCUT2D eigenvalue weighted by atomic mass is 32.2. The fourth-order valence-electron chi connectivity index (χ4n) is 4.04. The van der Waals surface area contributed by atoms with Crippen LogP contribution >= 0.6 is 0 Å². The van der Waals surface area contributed by atoms with Gasteiger partial charge >= 0.3 is 0 Å². The molecule has 39 heavy (non-hydrogen) atoms. The number of Topliss-reactive ketones (excluding diaryl/α,β-unsaturated/α-hetero) is 1. The number of carbonyl (C=O) groups is 2. The molecule has 0 radical (unpaired) electrons. The van der Waals surface area contributed by atoms with Crippen molar-refractivity contribution in [1.29, 1.82) is 0 Å². The van der Waals surface area contributed by atoms with Crippen LogP contribution in [0.2, 0.25) is 0 Å². The Balaban J connectivity index is 1.45. The number of nitrogens with zero attached hydrogens (tertiary/aromatic N) is 1. The predicted molar refractivity (Wildman–Crippen MR) is 154 cm³/mol. The fourth-order valence-corrected chi connectivity index (χ4v) is 5.49. The van der Waals surface area contributed by atoms with Crippen LogP contribution in [-0.4, -0.2) is 38.8 Å². The molecule has 7 heteroatoms. The summed E-state index contributed by atoms with van der Waals surface area (Å²) in [4.78, 5) is 28.1. The molecule has 0 aromatic heterocycles. The number of sulfone groups is 1. The van der Waals surface area contributed by atoms with Crippen molar-refractivity contribution < 1.29 is 22.7 Å². The van der Waals surface area contributed by atoms with Gasteiger partial charge < -0.3 is 9.64 Å². The quantitative estimate of drug-likeness (QED) is 0.225. The number of hydrogen-bond acceptors (Lipinski definition) is 6. The Labute approximate surface area is 229 Å². The zero-order valence-electron chi connectivity index (χ0n) is 22.6. The van der Waals surface area contributed by atoms with E-state index in [4.69, 9.17) is 4.74 Å². The lowest BCUT2D eigenvalue weighted by atomic mass is 10.0. The number of ether oxygens (including phenoxy) is 1. The van der Waals surface area contributed by atoms with E-state index in [0.29, 0.717) is 22.6 Å². The SMILES string of the molecule is Cc1ccc(S(=O)(=O)C(C)(C)C(=O)c2ccc(Oc3ccc(C(=O)c4ccc(N(C)C)cc4)cc3)cc2)cc1. The van der Waals surface area contributed by atoms with Gasteiger partial charge in [0, 0.05) is 36.5 Å². The van der Waals surface area contributed by atoms with Crippen molar-refractivity contribution in [2.75, 3.05) is 19.0 Å². The number of carbonyl (C=O) groups excluding carboxylic acids is 2. The maximum Gasteiger partial charge on any atom is 0.193 e. The second-order valence-electron chi connectivity index (χ2n) is 10.1. The highest BCUT2D eigenvalue weighted by molar-refractivity contribution is 7.93. The second kappa shape index (κ2) is 10.9. The monoisotopic (exact) mass is 541 g/mol. The van der Waals surface area contributed by atoms with E-state index in [2.05, 4.69) is 0 Å². The third-order valence-corrected chi connectivity index (χ3v) is 9.09. The van der Waals surface area contributed by atoms with Crippen LogP contribution in [0.4, 0.5) is 5.69 Å². The summed E-state index contributed by atoms with van der Waals surface area (Å²) in [6, 6.07) is 27.0. The first-order valence-electron chi connectivity index (χ1n) is 12.5. The van der Waals surface area contributed by atoms with Crippen molar-refractivity contribution in [3.63, 3.8) is 0 Å². The molecule has 0 aliphatic carbocycles. The van der Waals surface area contributed by atoms with Crippen molar-refractivity contribution in [1.82, 2.24) is 0 Å². The molecule has 0 amide bonds. The largest absolute Gasteiger partial charge is 0.457 e. The topological polar surface area (TPSA) is 80.7 Å². The van der Waals surface area contributed by atoms with Crippen LogP contribution in [0.25, 0.3) is 0 Å². The molecule has 0 saturated heterocycles.